The summed E-state index contributed by atoms with van der Waals surface area (Å²) in [6.45, 7) is 2.14. The number of carbonyl (C=O) groups is 1. The van der Waals surface area contributed by atoms with E-state index in [0.717, 1.165) is 12.2 Å². The van der Waals surface area contributed by atoms with Gasteiger partial charge in [-0.2, -0.15) is 0 Å². The van der Waals surface area contributed by atoms with Crippen molar-refractivity contribution in [2.75, 3.05) is 11.9 Å². The maximum Gasteiger partial charge on any atom is 0.339 e. The molecule has 2 atom stereocenters. The molecule has 1 aromatic heterocycles. The molecule has 86 valence electrons. The van der Waals surface area contributed by atoms with Crippen LogP contribution in [0.4, 0.5) is 5.82 Å². The van der Waals surface area contributed by atoms with E-state index in [1.165, 1.54) is 6.20 Å². The monoisotopic (exact) mass is 221 g/mol. The Kier molecular flexibility index (Phi) is 3.05. The van der Waals surface area contributed by atoms with Crippen molar-refractivity contribution in [1.29, 1.82) is 0 Å². The van der Waals surface area contributed by atoms with Crippen LogP contribution in [0.1, 0.15) is 23.7 Å². The van der Waals surface area contributed by atoms with Crippen LogP contribution >= 0.6 is 0 Å². The quantitative estimate of drug-likeness (QED) is 0.734. The van der Waals surface area contributed by atoms with E-state index in [0.29, 0.717) is 18.2 Å². The first-order valence-corrected chi connectivity index (χ1v) is 5.36. The molecule has 1 heterocycles. The van der Waals surface area contributed by atoms with E-state index in [-0.39, 0.29) is 12.0 Å². The van der Waals surface area contributed by atoms with Crippen LogP contribution < -0.4 is 11.1 Å². The fourth-order valence-corrected chi connectivity index (χ4v) is 1.38. The number of nitrogens with two attached hydrogens (primary N) is 1. The van der Waals surface area contributed by atoms with Crippen molar-refractivity contribution in [3.05, 3.63) is 23.9 Å². The van der Waals surface area contributed by atoms with E-state index in [9.17, 15) is 4.79 Å². The van der Waals surface area contributed by atoms with Crippen LogP contribution in [0.15, 0.2) is 18.3 Å². The Bertz CT molecular complexity index is 377. The predicted octanol–water partition coefficient (Wildman–Crippen LogP) is 0.770. The van der Waals surface area contributed by atoms with Crippen LogP contribution in [-0.4, -0.2) is 29.6 Å². The maximum absolute atomic E-state index is 11.3. The highest BCUT2D eigenvalue weighted by Gasteiger charge is 2.33. The van der Waals surface area contributed by atoms with Gasteiger partial charge in [0.05, 0.1) is 12.2 Å². The maximum atomic E-state index is 11.3. The summed E-state index contributed by atoms with van der Waals surface area (Å²) < 4.78 is 4.86. The molecule has 0 saturated heterocycles. The highest BCUT2D eigenvalue weighted by Crippen LogP contribution is 2.22. The zero-order valence-electron chi connectivity index (χ0n) is 9.14. The normalized spacial score (nSPS) is 22.6. The summed E-state index contributed by atoms with van der Waals surface area (Å²) in [7, 11) is 0. The standard InChI is InChI=1S/C11H15N3O2/c1-2-16-11(15)7-3-4-10(13-6-7)14-9-5-8(9)12/h3-4,6,8-9H,2,5,12H2,1H3,(H,13,14). The minimum absolute atomic E-state index is 0.228. The van der Waals surface area contributed by atoms with Crippen LogP contribution in [0.5, 0.6) is 0 Å². The van der Waals surface area contributed by atoms with Gasteiger partial charge in [0.25, 0.3) is 0 Å². The van der Waals surface area contributed by atoms with Crippen molar-refractivity contribution in [2.45, 2.75) is 25.4 Å². The molecule has 2 rings (SSSR count). The number of aromatic nitrogens is 1. The summed E-state index contributed by atoms with van der Waals surface area (Å²) in [5.74, 6) is 0.399. The lowest BCUT2D eigenvalue weighted by Gasteiger charge is -2.05. The lowest BCUT2D eigenvalue weighted by atomic mass is 10.3. The topological polar surface area (TPSA) is 77.2 Å². The van der Waals surface area contributed by atoms with Crippen LogP contribution in [0.25, 0.3) is 0 Å². The van der Waals surface area contributed by atoms with Crippen LogP contribution in [0, 0.1) is 0 Å². The van der Waals surface area contributed by atoms with Gasteiger partial charge < -0.3 is 15.8 Å². The Balaban J connectivity index is 1.96. The van der Waals surface area contributed by atoms with Gasteiger partial charge in [-0.1, -0.05) is 0 Å². The highest BCUT2D eigenvalue weighted by atomic mass is 16.5. The predicted molar refractivity (Wildman–Crippen MR) is 60.2 cm³/mol. The van der Waals surface area contributed by atoms with Gasteiger partial charge in [-0.15, -0.1) is 0 Å². The summed E-state index contributed by atoms with van der Waals surface area (Å²) in [4.78, 5) is 15.5. The highest BCUT2D eigenvalue weighted by molar-refractivity contribution is 5.89. The van der Waals surface area contributed by atoms with E-state index >= 15 is 0 Å². The molecule has 5 nitrogen and oxygen atoms in total. The Hall–Kier alpha value is -1.62. The Morgan fingerprint density at radius 3 is 2.94 bits per heavy atom. The zero-order valence-corrected chi connectivity index (χ0v) is 9.14. The van der Waals surface area contributed by atoms with Crippen LogP contribution in [-0.2, 0) is 4.74 Å². The Morgan fingerprint density at radius 1 is 1.69 bits per heavy atom. The smallest absolute Gasteiger partial charge is 0.339 e. The summed E-state index contributed by atoms with van der Waals surface area (Å²) in [6, 6.07) is 4.01. The summed E-state index contributed by atoms with van der Waals surface area (Å²) in [5, 5.41) is 3.18. The average Bonchev–Trinajstić information content (AvgIpc) is 2.95. The van der Waals surface area contributed by atoms with Gasteiger partial charge in [0.2, 0.25) is 0 Å². The molecule has 1 saturated carbocycles. The summed E-state index contributed by atoms with van der Waals surface area (Å²) in [6.07, 6.45) is 2.48. The third-order valence-electron chi connectivity index (χ3n) is 2.45. The molecule has 0 amide bonds. The second-order valence-electron chi connectivity index (χ2n) is 3.80. The van der Waals surface area contributed by atoms with Crippen molar-refractivity contribution >= 4 is 11.8 Å². The molecule has 0 bridgehead atoms. The van der Waals surface area contributed by atoms with Crippen molar-refractivity contribution < 1.29 is 9.53 Å². The van der Waals surface area contributed by atoms with E-state index in [4.69, 9.17) is 10.5 Å². The number of nitrogens with one attached hydrogen (secondary N) is 1. The molecule has 3 N–H and O–H groups in total. The minimum Gasteiger partial charge on any atom is -0.462 e. The third-order valence-corrected chi connectivity index (χ3v) is 2.45. The van der Waals surface area contributed by atoms with Gasteiger partial charge in [0, 0.05) is 18.3 Å². The van der Waals surface area contributed by atoms with Gasteiger partial charge in [0.1, 0.15) is 5.82 Å². The number of ether oxygens (including phenoxy) is 1. The minimum atomic E-state index is -0.343. The Morgan fingerprint density at radius 2 is 2.44 bits per heavy atom. The fraction of sp³-hybridized carbons (Fsp3) is 0.455. The molecular weight excluding hydrogens is 206 g/mol. The molecule has 1 aliphatic carbocycles. The van der Waals surface area contributed by atoms with E-state index in [2.05, 4.69) is 10.3 Å². The molecule has 0 aliphatic heterocycles. The SMILES string of the molecule is CCOC(=O)c1ccc(NC2CC2N)nc1. The van der Waals surface area contributed by atoms with Gasteiger partial charge >= 0.3 is 5.97 Å². The first-order chi connectivity index (χ1) is 7.70. The van der Waals surface area contributed by atoms with Crippen LogP contribution in [0.2, 0.25) is 0 Å². The van der Waals surface area contributed by atoms with Gasteiger partial charge in [-0.3, -0.25) is 0 Å². The number of hydrogen-bond donors (Lipinski definition) is 2. The molecule has 16 heavy (non-hydrogen) atoms. The fourth-order valence-electron chi connectivity index (χ4n) is 1.38. The van der Waals surface area contributed by atoms with Gasteiger partial charge in [-0.25, -0.2) is 9.78 Å². The Labute approximate surface area is 94.0 Å². The summed E-state index contributed by atoms with van der Waals surface area (Å²) >= 11 is 0. The van der Waals surface area contributed by atoms with Crippen molar-refractivity contribution in [3.8, 4) is 0 Å². The summed E-state index contributed by atoms with van der Waals surface area (Å²) in [5.41, 5.74) is 6.13. The van der Waals surface area contributed by atoms with E-state index in [1.807, 2.05) is 0 Å². The zero-order chi connectivity index (χ0) is 11.5. The van der Waals surface area contributed by atoms with Crippen molar-refractivity contribution in [1.82, 2.24) is 4.98 Å². The van der Waals surface area contributed by atoms with E-state index in [1.54, 1.807) is 19.1 Å². The van der Waals surface area contributed by atoms with E-state index < -0.39 is 0 Å². The molecule has 0 aromatic carbocycles. The molecule has 1 aromatic rings. The number of carbonyl (C=O) groups excluding carboxylic acids is 1. The van der Waals surface area contributed by atoms with Crippen molar-refractivity contribution in [2.24, 2.45) is 5.73 Å². The molecule has 0 radical (unpaired) electrons. The first-order valence-electron chi connectivity index (χ1n) is 5.36. The van der Waals surface area contributed by atoms with Gasteiger partial charge in [-0.05, 0) is 25.5 Å². The number of anilines is 1. The molecule has 0 spiro atoms. The lowest BCUT2D eigenvalue weighted by Crippen LogP contribution is -2.14. The third kappa shape index (κ3) is 2.49. The second kappa shape index (κ2) is 4.49. The number of rotatable bonds is 4. The average molecular weight is 221 g/mol. The molecule has 2 unspecified atom stereocenters. The first kappa shape index (κ1) is 10.9. The molecular formula is C11H15N3O2. The molecule has 1 aliphatic rings. The number of hydrogen-bond acceptors (Lipinski definition) is 5. The molecule has 5 heteroatoms. The lowest BCUT2D eigenvalue weighted by molar-refractivity contribution is 0.0526. The number of nitrogens with zero attached hydrogens (tertiary/aromatic N) is 1. The van der Waals surface area contributed by atoms with Crippen molar-refractivity contribution in [3.63, 3.8) is 0 Å². The van der Waals surface area contributed by atoms with Gasteiger partial charge in [0.15, 0.2) is 0 Å². The number of pyridine rings is 1. The largest absolute Gasteiger partial charge is 0.462 e. The second-order valence-corrected chi connectivity index (χ2v) is 3.80. The van der Waals surface area contributed by atoms with Crippen LogP contribution in [0.3, 0.4) is 0 Å². The number of esters is 1. The molecule has 1 fully saturated rings.